The van der Waals surface area contributed by atoms with Crippen LogP contribution in [-0.2, 0) is 0 Å². The van der Waals surface area contributed by atoms with Gasteiger partial charge < -0.3 is 5.32 Å². The Morgan fingerprint density at radius 2 is 2.17 bits per heavy atom. The summed E-state index contributed by atoms with van der Waals surface area (Å²) in [5.74, 6) is -1.67. The quantitative estimate of drug-likeness (QED) is 0.648. The summed E-state index contributed by atoms with van der Waals surface area (Å²) in [5.41, 5.74) is -0.787. The van der Waals surface area contributed by atoms with Gasteiger partial charge in [0.05, 0.1) is 4.92 Å². The van der Waals surface area contributed by atoms with E-state index in [0.717, 1.165) is 31.4 Å². The molecule has 0 saturated heterocycles. The third kappa shape index (κ3) is 2.75. The number of nitro benzene ring substituents is 1. The minimum atomic E-state index is -1.19. The third-order valence-corrected chi connectivity index (χ3v) is 3.04. The van der Waals surface area contributed by atoms with Crippen LogP contribution in [-0.4, -0.2) is 11.0 Å². The molecule has 1 aliphatic rings. The number of hydrogen-bond acceptors (Lipinski definition) is 3. The fourth-order valence-electron chi connectivity index (χ4n) is 1.99. The zero-order valence-electron chi connectivity index (χ0n) is 9.95. The zero-order valence-corrected chi connectivity index (χ0v) is 9.95. The molecule has 0 spiro atoms. The molecule has 0 amide bonds. The highest BCUT2D eigenvalue weighted by Crippen LogP contribution is 2.35. The molecule has 1 saturated carbocycles. The summed E-state index contributed by atoms with van der Waals surface area (Å²) in [6.07, 6.45) is 3.09. The number of nitro groups is 1. The molecule has 0 aromatic heterocycles. The zero-order chi connectivity index (χ0) is 13.3. The molecule has 0 bridgehead atoms. The van der Waals surface area contributed by atoms with Crippen LogP contribution < -0.4 is 5.32 Å². The fourth-order valence-corrected chi connectivity index (χ4v) is 1.99. The lowest BCUT2D eigenvalue weighted by atomic mass is 10.1. The van der Waals surface area contributed by atoms with Crippen LogP contribution >= 0.6 is 0 Å². The summed E-state index contributed by atoms with van der Waals surface area (Å²) in [6.45, 7) is 1.81. The number of halogens is 2. The van der Waals surface area contributed by atoms with Gasteiger partial charge in [-0.3, -0.25) is 10.1 Å². The predicted octanol–water partition coefficient (Wildman–Crippen LogP) is 3.47. The third-order valence-electron chi connectivity index (χ3n) is 3.04. The summed E-state index contributed by atoms with van der Waals surface area (Å²) in [5, 5.41) is 13.5. The van der Waals surface area contributed by atoms with E-state index >= 15 is 0 Å². The molecule has 98 valence electrons. The van der Waals surface area contributed by atoms with Gasteiger partial charge in [0.1, 0.15) is 0 Å². The molecule has 1 unspecified atom stereocenters. The number of anilines is 1. The molecule has 1 atom stereocenters. The van der Waals surface area contributed by atoms with Gasteiger partial charge in [-0.1, -0.05) is 12.8 Å². The molecule has 18 heavy (non-hydrogen) atoms. The van der Waals surface area contributed by atoms with Crippen LogP contribution in [0.3, 0.4) is 0 Å². The highest BCUT2D eigenvalue weighted by Gasteiger charge is 2.27. The van der Waals surface area contributed by atoms with Gasteiger partial charge in [0.15, 0.2) is 17.3 Å². The molecule has 1 fully saturated rings. The highest BCUT2D eigenvalue weighted by molar-refractivity contribution is 5.62. The normalized spacial score (nSPS) is 16.4. The lowest BCUT2D eigenvalue weighted by Crippen LogP contribution is -2.18. The Kier molecular flexibility index (Phi) is 3.45. The van der Waals surface area contributed by atoms with E-state index in [-0.39, 0.29) is 11.7 Å². The first kappa shape index (κ1) is 12.7. The first-order chi connectivity index (χ1) is 8.49. The second kappa shape index (κ2) is 4.88. The second-order valence-electron chi connectivity index (χ2n) is 4.74. The van der Waals surface area contributed by atoms with Crippen LogP contribution in [0.4, 0.5) is 20.2 Å². The molecule has 0 radical (unpaired) electrons. The monoisotopic (exact) mass is 256 g/mol. The maximum atomic E-state index is 13.6. The van der Waals surface area contributed by atoms with Crippen molar-refractivity contribution in [2.24, 2.45) is 5.92 Å². The van der Waals surface area contributed by atoms with Gasteiger partial charge in [0.25, 0.3) is 5.69 Å². The van der Waals surface area contributed by atoms with Crippen LogP contribution in [0, 0.1) is 27.7 Å². The largest absolute Gasteiger partial charge is 0.375 e. The number of nitrogens with one attached hydrogen (secondary N) is 1. The molecule has 0 aliphatic heterocycles. The highest BCUT2D eigenvalue weighted by atomic mass is 19.2. The SMILES string of the molecule is CC(CC1CC1)Nc1c([N+](=O)[O-])ccc(F)c1F. The Labute approximate surface area is 103 Å². The average molecular weight is 256 g/mol. The lowest BCUT2D eigenvalue weighted by molar-refractivity contribution is -0.384. The summed E-state index contributed by atoms with van der Waals surface area (Å²) >= 11 is 0. The van der Waals surface area contributed by atoms with Crippen LogP contribution in [0.1, 0.15) is 26.2 Å². The van der Waals surface area contributed by atoms with Crippen molar-refractivity contribution in [1.82, 2.24) is 0 Å². The van der Waals surface area contributed by atoms with Crippen molar-refractivity contribution in [3.8, 4) is 0 Å². The van der Waals surface area contributed by atoms with E-state index in [4.69, 9.17) is 0 Å². The van der Waals surface area contributed by atoms with Gasteiger partial charge in [-0.2, -0.15) is 0 Å². The molecule has 6 heteroatoms. The van der Waals surface area contributed by atoms with Crippen molar-refractivity contribution in [3.05, 3.63) is 33.9 Å². The summed E-state index contributed by atoms with van der Waals surface area (Å²) in [4.78, 5) is 10.1. The summed E-state index contributed by atoms with van der Waals surface area (Å²) < 4.78 is 26.7. The lowest BCUT2D eigenvalue weighted by Gasteiger charge is -2.15. The van der Waals surface area contributed by atoms with Gasteiger partial charge in [-0.25, -0.2) is 8.78 Å². The maximum absolute atomic E-state index is 13.6. The Hall–Kier alpha value is -1.72. The van der Waals surface area contributed by atoms with Crippen LogP contribution in [0.25, 0.3) is 0 Å². The number of nitrogens with zero attached hydrogens (tertiary/aromatic N) is 1. The summed E-state index contributed by atoms with van der Waals surface area (Å²) in [7, 11) is 0. The summed E-state index contributed by atoms with van der Waals surface area (Å²) in [6, 6.07) is 1.63. The maximum Gasteiger partial charge on any atom is 0.295 e. The van der Waals surface area contributed by atoms with E-state index in [0.29, 0.717) is 5.92 Å². The van der Waals surface area contributed by atoms with E-state index in [1.54, 1.807) is 0 Å². The van der Waals surface area contributed by atoms with E-state index in [2.05, 4.69) is 5.32 Å². The van der Waals surface area contributed by atoms with Gasteiger partial charge >= 0.3 is 0 Å². The number of hydrogen-bond donors (Lipinski definition) is 1. The molecular weight excluding hydrogens is 242 g/mol. The van der Waals surface area contributed by atoms with E-state index in [9.17, 15) is 18.9 Å². The molecule has 1 N–H and O–H groups in total. The standard InChI is InChI=1S/C12H14F2N2O2/c1-7(6-8-2-3-8)15-12-10(16(17)18)5-4-9(13)11(12)14/h4-5,7-8,15H,2-3,6H2,1H3. The van der Waals surface area contributed by atoms with Gasteiger partial charge in [-0.15, -0.1) is 0 Å². The van der Waals surface area contributed by atoms with Crippen LogP contribution in [0.2, 0.25) is 0 Å². The molecule has 1 aliphatic carbocycles. The minimum Gasteiger partial charge on any atom is -0.375 e. The van der Waals surface area contributed by atoms with Gasteiger partial charge in [0, 0.05) is 12.1 Å². The molecular formula is C12H14F2N2O2. The fraction of sp³-hybridized carbons (Fsp3) is 0.500. The molecule has 2 rings (SSSR count). The van der Waals surface area contributed by atoms with Crippen molar-refractivity contribution >= 4 is 11.4 Å². The van der Waals surface area contributed by atoms with Crippen LogP contribution in [0.5, 0.6) is 0 Å². The molecule has 1 aromatic carbocycles. The molecule has 4 nitrogen and oxygen atoms in total. The number of benzene rings is 1. The van der Waals surface area contributed by atoms with E-state index in [1.165, 1.54) is 0 Å². The first-order valence-electron chi connectivity index (χ1n) is 5.88. The van der Waals surface area contributed by atoms with E-state index < -0.39 is 22.2 Å². The minimum absolute atomic E-state index is 0.118. The van der Waals surface area contributed by atoms with Crippen molar-refractivity contribution in [1.29, 1.82) is 0 Å². The number of rotatable bonds is 5. The average Bonchev–Trinajstić information content (AvgIpc) is 3.08. The topological polar surface area (TPSA) is 55.2 Å². The van der Waals surface area contributed by atoms with Crippen LogP contribution in [0.15, 0.2) is 12.1 Å². The Morgan fingerprint density at radius 3 is 2.72 bits per heavy atom. The smallest absolute Gasteiger partial charge is 0.295 e. The van der Waals surface area contributed by atoms with Crippen molar-refractivity contribution < 1.29 is 13.7 Å². The second-order valence-corrected chi connectivity index (χ2v) is 4.74. The van der Waals surface area contributed by atoms with E-state index in [1.807, 2.05) is 6.92 Å². The predicted molar refractivity (Wildman–Crippen MR) is 63.4 cm³/mol. The Morgan fingerprint density at radius 1 is 1.50 bits per heavy atom. The van der Waals surface area contributed by atoms with Gasteiger partial charge in [0.2, 0.25) is 0 Å². The first-order valence-corrected chi connectivity index (χ1v) is 5.88. The van der Waals surface area contributed by atoms with Crippen molar-refractivity contribution in [2.45, 2.75) is 32.2 Å². The Balaban J connectivity index is 2.22. The van der Waals surface area contributed by atoms with Crippen molar-refractivity contribution in [3.63, 3.8) is 0 Å². The molecule has 0 heterocycles. The molecule has 1 aromatic rings. The van der Waals surface area contributed by atoms with Gasteiger partial charge in [-0.05, 0) is 25.3 Å². The Bertz CT molecular complexity index is 475. The van der Waals surface area contributed by atoms with Crippen molar-refractivity contribution in [2.75, 3.05) is 5.32 Å².